The minimum absolute atomic E-state index is 0.0235. The number of fused-ring (bicyclic) bond motifs is 1. The quantitative estimate of drug-likeness (QED) is 0.493. The number of benzene rings is 2. The van der Waals surface area contributed by atoms with Gasteiger partial charge in [-0.15, -0.1) is 0 Å². The van der Waals surface area contributed by atoms with Crippen LogP contribution in [0.25, 0.3) is 0 Å². The lowest BCUT2D eigenvalue weighted by Crippen LogP contribution is -2.50. The molecule has 33 heavy (non-hydrogen) atoms. The average Bonchev–Trinajstić information content (AvgIpc) is 2.84. The van der Waals surface area contributed by atoms with Crippen molar-refractivity contribution in [3.05, 3.63) is 59.4 Å². The van der Waals surface area contributed by atoms with E-state index in [1.165, 1.54) is 12.1 Å². The SMILES string of the molecule is O=CNCCCOc1ccc(C(=O)N2CCC(N3C(=O)CCc4ccc(F)cc43)CC2)cc1. The Labute approximate surface area is 192 Å². The molecule has 0 radical (unpaired) electrons. The normalized spacial score (nSPS) is 16.3. The number of hydrogen-bond donors (Lipinski definition) is 1. The van der Waals surface area contributed by atoms with Crippen LogP contribution in [0, 0.1) is 5.82 Å². The maximum Gasteiger partial charge on any atom is 0.253 e. The summed E-state index contributed by atoms with van der Waals surface area (Å²) in [4.78, 5) is 39.4. The number of ether oxygens (including phenoxy) is 1. The van der Waals surface area contributed by atoms with Gasteiger partial charge in [-0.05, 0) is 67.6 Å². The minimum Gasteiger partial charge on any atom is -0.494 e. The second kappa shape index (κ2) is 10.5. The second-order valence-electron chi connectivity index (χ2n) is 8.36. The zero-order chi connectivity index (χ0) is 23.2. The highest BCUT2D eigenvalue weighted by Crippen LogP contribution is 2.33. The molecule has 2 heterocycles. The lowest BCUT2D eigenvalue weighted by molar-refractivity contribution is -0.119. The maximum absolute atomic E-state index is 13.8. The predicted octanol–water partition coefficient (Wildman–Crippen LogP) is 2.92. The molecule has 2 aromatic rings. The number of likely N-dealkylation sites (tertiary alicyclic amines) is 1. The molecule has 4 rings (SSSR count). The standard InChI is InChI=1S/C25H28FN3O4/c26-20-6-2-18-5-9-24(31)29(23(18)16-20)21-10-13-28(14-11-21)25(32)19-3-7-22(8-4-19)33-15-1-12-27-17-30/h2-4,6-8,16-17,21H,1,5,9-15H2,(H,27,30). The Hall–Kier alpha value is -3.42. The van der Waals surface area contributed by atoms with Crippen molar-refractivity contribution >= 4 is 23.9 Å². The fourth-order valence-corrected chi connectivity index (χ4v) is 4.50. The fraction of sp³-hybridized carbons (Fsp3) is 0.400. The number of hydrogen-bond acceptors (Lipinski definition) is 4. The van der Waals surface area contributed by atoms with Gasteiger partial charge < -0.3 is 19.9 Å². The van der Waals surface area contributed by atoms with Gasteiger partial charge >= 0.3 is 0 Å². The highest BCUT2D eigenvalue weighted by atomic mass is 19.1. The third-order valence-corrected chi connectivity index (χ3v) is 6.22. The molecule has 0 unspecified atom stereocenters. The summed E-state index contributed by atoms with van der Waals surface area (Å²) in [6.07, 6.45) is 3.74. The van der Waals surface area contributed by atoms with E-state index in [0.29, 0.717) is 81.8 Å². The van der Waals surface area contributed by atoms with Crippen LogP contribution in [0.15, 0.2) is 42.5 Å². The van der Waals surface area contributed by atoms with Crippen molar-refractivity contribution in [2.45, 2.75) is 38.1 Å². The first-order chi connectivity index (χ1) is 16.1. The van der Waals surface area contributed by atoms with Gasteiger partial charge in [0.25, 0.3) is 5.91 Å². The molecular formula is C25H28FN3O4. The van der Waals surface area contributed by atoms with Crippen molar-refractivity contribution in [2.75, 3.05) is 31.1 Å². The number of rotatable bonds is 8. The molecule has 2 aliphatic rings. The number of piperidine rings is 1. The van der Waals surface area contributed by atoms with Crippen LogP contribution in [0.3, 0.4) is 0 Å². The van der Waals surface area contributed by atoms with E-state index in [1.54, 1.807) is 40.1 Å². The molecule has 1 N–H and O–H groups in total. The van der Waals surface area contributed by atoms with Gasteiger partial charge in [-0.2, -0.15) is 0 Å². The molecule has 2 aliphatic heterocycles. The molecule has 0 aliphatic carbocycles. The Morgan fingerprint density at radius 3 is 2.61 bits per heavy atom. The van der Waals surface area contributed by atoms with E-state index in [-0.39, 0.29) is 23.7 Å². The maximum atomic E-state index is 13.8. The van der Waals surface area contributed by atoms with E-state index in [9.17, 15) is 18.8 Å². The van der Waals surface area contributed by atoms with Crippen molar-refractivity contribution < 1.29 is 23.5 Å². The summed E-state index contributed by atoms with van der Waals surface area (Å²) in [7, 11) is 0. The minimum atomic E-state index is -0.342. The molecular weight excluding hydrogens is 425 g/mol. The smallest absolute Gasteiger partial charge is 0.253 e. The van der Waals surface area contributed by atoms with Crippen LogP contribution in [0.4, 0.5) is 10.1 Å². The highest BCUT2D eigenvalue weighted by Gasteiger charge is 2.34. The number of amides is 3. The summed E-state index contributed by atoms with van der Waals surface area (Å²) in [6, 6.07) is 11.7. The zero-order valence-corrected chi connectivity index (χ0v) is 18.5. The largest absolute Gasteiger partial charge is 0.494 e. The van der Waals surface area contributed by atoms with E-state index in [1.807, 2.05) is 0 Å². The number of aryl methyl sites for hydroxylation is 1. The first-order valence-electron chi connectivity index (χ1n) is 11.4. The number of carbonyl (C=O) groups is 3. The monoisotopic (exact) mass is 453 g/mol. The van der Waals surface area contributed by atoms with E-state index in [0.717, 1.165) is 5.56 Å². The molecule has 0 spiro atoms. The number of nitrogens with zero attached hydrogens (tertiary/aromatic N) is 2. The third kappa shape index (κ3) is 5.32. The summed E-state index contributed by atoms with van der Waals surface area (Å²) in [5.41, 5.74) is 2.26. The van der Waals surface area contributed by atoms with Gasteiger partial charge in [0.2, 0.25) is 12.3 Å². The number of carbonyl (C=O) groups excluding carboxylic acids is 3. The van der Waals surface area contributed by atoms with E-state index in [2.05, 4.69) is 5.32 Å². The van der Waals surface area contributed by atoms with Crippen LogP contribution < -0.4 is 15.0 Å². The molecule has 3 amide bonds. The summed E-state index contributed by atoms with van der Waals surface area (Å²) < 4.78 is 19.5. The molecule has 1 saturated heterocycles. The molecule has 8 heteroatoms. The Morgan fingerprint density at radius 2 is 1.88 bits per heavy atom. The van der Waals surface area contributed by atoms with Gasteiger partial charge in [-0.3, -0.25) is 14.4 Å². The van der Waals surface area contributed by atoms with Crippen molar-refractivity contribution in [1.29, 1.82) is 0 Å². The molecule has 2 aromatic carbocycles. The van der Waals surface area contributed by atoms with Gasteiger partial charge in [0.15, 0.2) is 0 Å². The number of nitrogens with one attached hydrogen (secondary N) is 1. The predicted molar refractivity (Wildman–Crippen MR) is 122 cm³/mol. The van der Waals surface area contributed by atoms with Gasteiger partial charge in [0.1, 0.15) is 11.6 Å². The van der Waals surface area contributed by atoms with Crippen LogP contribution in [0.1, 0.15) is 41.6 Å². The Bertz CT molecular complexity index is 1000. The summed E-state index contributed by atoms with van der Waals surface area (Å²) >= 11 is 0. The summed E-state index contributed by atoms with van der Waals surface area (Å²) in [5, 5.41) is 2.58. The molecule has 0 saturated carbocycles. The molecule has 174 valence electrons. The van der Waals surface area contributed by atoms with Gasteiger partial charge in [0.05, 0.1) is 12.3 Å². The van der Waals surface area contributed by atoms with E-state index < -0.39 is 0 Å². The van der Waals surface area contributed by atoms with E-state index in [4.69, 9.17) is 4.74 Å². The van der Waals surface area contributed by atoms with Crippen molar-refractivity contribution in [3.8, 4) is 5.75 Å². The zero-order valence-electron chi connectivity index (χ0n) is 18.5. The topological polar surface area (TPSA) is 79.0 Å². The van der Waals surface area contributed by atoms with Crippen molar-refractivity contribution in [1.82, 2.24) is 10.2 Å². The number of halogens is 1. The van der Waals surface area contributed by atoms with Crippen molar-refractivity contribution in [3.63, 3.8) is 0 Å². The molecule has 7 nitrogen and oxygen atoms in total. The first-order valence-corrected chi connectivity index (χ1v) is 11.4. The van der Waals surface area contributed by atoms with Crippen LogP contribution in [-0.2, 0) is 16.0 Å². The lowest BCUT2D eigenvalue weighted by atomic mass is 9.95. The van der Waals surface area contributed by atoms with Crippen LogP contribution >= 0.6 is 0 Å². The van der Waals surface area contributed by atoms with Crippen LogP contribution in [0.5, 0.6) is 5.75 Å². The van der Waals surface area contributed by atoms with Gasteiger partial charge in [-0.25, -0.2) is 4.39 Å². The number of anilines is 1. The Morgan fingerprint density at radius 1 is 1.12 bits per heavy atom. The molecule has 0 atom stereocenters. The summed E-state index contributed by atoms with van der Waals surface area (Å²) in [6.45, 7) is 2.11. The van der Waals surface area contributed by atoms with Crippen LogP contribution in [-0.4, -0.2) is 55.4 Å². The Balaban J connectivity index is 1.33. The Kier molecular flexibility index (Phi) is 7.22. The molecule has 0 aromatic heterocycles. The fourth-order valence-electron chi connectivity index (χ4n) is 4.50. The van der Waals surface area contributed by atoms with Crippen LogP contribution in [0.2, 0.25) is 0 Å². The average molecular weight is 454 g/mol. The third-order valence-electron chi connectivity index (χ3n) is 6.22. The molecule has 1 fully saturated rings. The van der Waals surface area contributed by atoms with Gasteiger partial charge in [0, 0.05) is 37.7 Å². The van der Waals surface area contributed by atoms with Gasteiger partial charge in [-0.1, -0.05) is 6.07 Å². The molecule has 0 bridgehead atoms. The first kappa shape index (κ1) is 22.8. The lowest BCUT2D eigenvalue weighted by Gasteiger charge is -2.41. The second-order valence-corrected chi connectivity index (χ2v) is 8.36. The van der Waals surface area contributed by atoms with E-state index >= 15 is 0 Å². The summed E-state index contributed by atoms with van der Waals surface area (Å²) in [5.74, 6) is 0.305. The van der Waals surface area contributed by atoms with Crippen molar-refractivity contribution in [2.24, 2.45) is 0 Å². The highest BCUT2D eigenvalue weighted by molar-refractivity contribution is 5.97.